The van der Waals surface area contributed by atoms with Gasteiger partial charge in [0.1, 0.15) is 6.61 Å². The first-order chi connectivity index (χ1) is 8.45. The number of nitro groups is 1. The maximum atomic E-state index is 13.4. The van der Waals surface area contributed by atoms with Gasteiger partial charge in [0.2, 0.25) is 5.82 Å². The van der Waals surface area contributed by atoms with Gasteiger partial charge in [-0.05, 0) is 12.6 Å². The van der Waals surface area contributed by atoms with Crippen molar-refractivity contribution in [2.24, 2.45) is 0 Å². The maximum absolute atomic E-state index is 13.4. The van der Waals surface area contributed by atoms with Crippen LogP contribution in [0.4, 0.5) is 14.5 Å². The van der Waals surface area contributed by atoms with Crippen molar-refractivity contribution in [1.82, 2.24) is 5.32 Å². The van der Waals surface area contributed by atoms with Crippen molar-refractivity contribution in [2.75, 3.05) is 20.2 Å². The molecule has 1 aromatic rings. The van der Waals surface area contributed by atoms with E-state index in [1.165, 1.54) is 0 Å². The Kier molecular flexibility index (Phi) is 4.73. The van der Waals surface area contributed by atoms with Crippen molar-refractivity contribution in [2.45, 2.75) is 0 Å². The normalized spacial score (nSPS) is 10.2. The Labute approximate surface area is 102 Å². The summed E-state index contributed by atoms with van der Waals surface area (Å²) >= 11 is 0. The van der Waals surface area contributed by atoms with Gasteiger partial charge in [0.05, 0.1) is 11.0 Å². The molecule has 0 aliphatic carbocycles. The number of nitrogens with zero attached hydrogens (tertiary/aromatic N) is 1. The Bertz CT molecular complexity index is 478. The highest BCUT2D eigenvalue weighted by atomic mass is 19.1. The smallest absolute Gasteiger partial charge is 0.307 e. The second-order valence-corrected chi connectivity index (χ2v) is 3.56. The highest BCUT2D eigenvalue weighted by Crippen LogP contribution is 2.26. The summed E-state index contributed by atoms with van der Waals surface area (Å²) in [7, 11) is 1.71. The predicted octanol–water partition coefficient (Wildman–Crippen LogP) is 2.03. The highest BCUT2D eigenvalue weighted by molar-refractivity contribution is 5.39. The average Bonchev–Trinajstić information content (AvgIpc) is 2.29. The number of hydrogen-bond donors (Lipinski definition) is 1. The molecule has 0 bridgehead atoms. The Morgan fingerprint density at radius 1 is 1.50 bits per heavy atom. The van der Waals surface area contributed by atoms with Crippen LogP contribution >= 0.6 is 0 Å². The molecular formula is C11H12F2N2O3. The van der Waals surface area contributed by atoms with Gasteiger partial charge in [0, 0.05) is 12.6 Å². The molecule has 98 valence electrons. The number of nitrogens with one attached hydrogen (secondary N) is 1. The minimum Gasteiger partial charge on any atom is -0.486 e. The molecule has 1 N–H and O–H groups in total. The fourth-order valence-corrected chi connectivity index (χ4v) is 1.25. The van der Waals surface area contributed by atoms with Gasteiger partial charge in [-0.15, -0.1) is 0 Å². The van der Waals surface area contributed by atoms with Crippen LogP contribution in [0.1, 0.15) is 0 Å². The van der Waals surface area contributed by atoms with Crippen molar-refractivity contribution in [1.29, 1.82) is 0 Å². The van der Waals surface area contributed by atoms with Gasteiger partial charge in [0.15, 0.2) is 11.6 Å². The molecule has 0 aromatic heterocycles. The van der Waals surface area contributed by atoms with Gasteiger partial charge < -0.3 is 10.1 Å². The largest absolute Gasteiger partial charge is 0.486 e. The molecular weight excluding hydrogens is 246 g/mol. The number of hydrogen-bond acceptors (Lipinski definition) is 4. The zero-order valence-corrected chi connectivity index (χ0v) is 9.70. The van der Waals surface area contributed by atoms with Crippen molar-refractivity contribution < 1.29 is 18.4 Å². The van der Waals surface area contributed by atoms with Crippen LogP contribution in [-0.2, 0) is 0 Å². The topological polar surface area (TPSA) is 64.4 Å². The van der Waals surface area contributed by atoms with Crippen LogP contribution in [0.3, 0.4) is 0 Å². The lowest BCUT2D eigenvalue weighted by atomic mass is 10.2. The van der Waals surface area contributed by atoms with E-state index >= 15 is 0 Å². The molecule has 0 amide bonds. The van der Waals surface area contributed by atoms with Crippen molar-refractivity contribution in [3.8, 4) is 5.75 Å². The van der Waals surface area contributed by atoms with E-state index in [4.69, 9.17) is 4.74 Å². The second-order valence-electron chi connectivity index (χ2n) is 3.56. The molecule has 0 saturated carbocycles. The third-order valence-electron chi connectivity index (χ3n) is 2.06. The number of benzene rings is 1. The lowest BCUT2D eigenvalue weighted by Crippen LogP contribution is -2.15. The summed E-state index contributed by atoms with van der Waals surface area (Å²) in [6.45, 7) is 4.11. The molecule has 0 aliphatic heterocycles. The van der Waals surface area contributed by atoms with E-state index in [1.54, 1.807) is 7.05 Å². The van der Waals surface area contributed by atoms with Crippen LogP contribution in [0.2, 0.25) is 0 Å². The quantitative estimate of drug-likeness (QED) is 0.481. The van der Waals surface area contributed by atoms with Crippen LogP contribution in [0.5, 0.6) is 5.75 Å². The first kappa shape index (κ1) is 14.0. The summed E-state index contributed by atoms with van der Waals surface area (Å²) < 4.78 is 31.6. The summed E-state index contributed by atoms with van der Waals surface area (Å²) in [4.78, 5) is 9.37. The minimum absolute atomic E-state index is 0.00495. The fourth-order valence-electron chi connectivity index (χ4n) is 1.25. The summed E-state index contributed by atoms with van der Waals surface area (Å²) in [5.41, 5.74) is -0.287. The average molecular weight is 258 g/mol. The van der Waals surface area contributed by atoms with Crippen LogP contribution in [0.25, 0.3) is 0 Å². The van der Waals surface area contributed by atoms with E-state index in [0.29, 0.717) is 24.3 Å². The Hall–Kier alpha value is -2.02. The number of ether oxygens (including phenoxy) is 1. The molecule has 1 rings (SSSR count). The Morgan fingerprint density at radius 2 is 2.17 bits per heavy atom. The SMILES string of the molecule is C=C(CNC)COc1cc(F)c([N+](=O)[O-])cc1F. The highest BCUT2D eigenvalue weighted by Gasteiger charge is 2.19. The third-order valence-corrected chi connectivity index (χ3v) is 2.06. The van der Waals surface area contributed by atoms with Crippen LogP contribution in [0.15, 0.2) is 24.3 Å². The molecule has 0 fully saturated rings. The lowest BCUT2D eigenvalue weighted by Gasteiger charge is -2.09. The van der Waals surface area contributed by atoms with E-state index < -0.39 is 22.2 Å². The van der Waals surface area contributed by atoms with Crippen molar-refractivity contribution in [3.05, 3.63) is 46.0 Å². The van der Waals surface area contributed by atoms with E-state index in [2.05, 4.69) is 11.9 Å². The van der Waals surface area contributed by atoms with Gasteiger partial charge in [-0.25, -0.2) is 4.39 Å². The fraction of sp³-hybridized carbons (Fsp3) is 0.273. The maximum Gasteiger partial charge on any atom is 0.307 e. The number of nitro benzene ring substituents is 1. The molecule has 0 saturated heterocycles. The molecule has 0 radical (unpaired) electrons. The van der Waals surface area contributed by atoms with E-state index in [0.717, 1.165) is 0 Å². The molecule has 18 heavy (non-hydrogen) atoms. The molecule has 5 nitrogen and oxygen atoms in total. The molecule has 0 spiro atoms. The Morgan fingerprint density at radius 3 is 2.72 bits per heavy atom. The molecule has 0 heterocycles. The van der Waals surface area contributed by atoms with Gasteiger partial charge >= 0.3 is 5.69 Å². The van der Waals surface area contributed by atoms with E-state index in [1.807, 2.05) is 0 Å². The number of likely N-dealkylation sites (N-methyl/N-ethyl adjacent to an activating group) is 1. The van der Waals surface area contributed by atoms with Crippen LogP contribution in [-0.4, -0.2) is 25.1 Å². The lowest BCUT2D eigenvalue weighted by molar-refractivity contribution is -0.387. The molecule has 0 atom stereocenters. The molecule has 7 heteroatoms. The number of rotatable bonds is 6. The van der Waals surface area contributed by atoms with Crippen molar-refractivity contribution in [3.63, 3.8) is 0 Å². The predicted molar refractivity (Wildman–Crippen MR) is 61.6 cm³/mol. The van der Waals surface area contributed by atoms with Gasteiger partial charge in [0.25, 0.3) is 0 Å². The monoisotopic (exact) mass is 258 g/mol. The standard InChI is InChI=1S/C11H12F2N2O3/c1-7(5-14-2)6-18-11-4-8(12)10(15(16)17)3-9(11)13/h3-4,14H,1,5-6H2,2H3. The molecule has 0 unspecified atom stereocenters. The first-order valence-electron chi connectivity index (χ1n) is 5.03. The molecule has 1 aromatic carbocycles. The van der Waals surface area contributed by atoms with E-state index in [-0.39, 0.29) is 12.4 Å². The van der Waals surface area contributed by atoms with Crippen LogP contribution < -0.4 is 10.1 Å². The summed E-state index contributed by atoms with van der Waals surface area (Å²) in [6, 6.07) is 1.14. The second kappa shape index (κ2) is 6.06. The van der Waals surface area contributed by atoms with Crippen molar-refractivity contribution >= 4 is 5.69 Å². The molecule has 0 aliphatic rings. The van der Waals surface area contributed by atoms with Gasteiger partial charge in [-0.3, -0.25) is 10.1 Å². The van der Waals surface area contributed by atoms with Gasteiger partial charge in [-0.1, -0.05) is 6.58 Å². The third kappa shape index (κ3) is 3.49. The zero-order valence-electron chi connectivity index (χ0n) is 9.70. The first-order valence-corrected chi connectivity index (χ1v) is 5.03. The summed E-state index contributed by atoms with van der Waals surface area (Å²) in [5, 5.41) is 13.2. The summed E-state index contributed by atoms with van der Waals surface area (Å²) in [5.74, 6) is -2.51. The van der Waals surface area contributed by atoms with Crippen LogP contribution in [0, 0.1) is 21.7 Å². The minimum atomic E-state index is -1.14. The summed E-state index contributed by atoms with van der Waals surface area (Å²) in [6.07, 6.45) is 0. The zero-order chi connectivity index (χ0) is 13.7. The van der Waals surface area contributed by atoms with E-state index in [9.17, 15) is 18.9 Å². The Balaban J connectivity index is 2.82. The number of halogens is 2. The van der Waals surface area contributed by atoms with Gasteiger partial charge in [-0.2, -0.15) is 4.39 Å².